The van der Waals surface area contributed by atoms with E-state index in [1.807, 2.05) is 6.92 Å². The van der Waals surface area contributed by atoms with E-state index in [0.29, 0.717) is 44.1 Å². The molecule has 1 fully saturated rings. The summed E-state index contributed by atoms with van der Waals surface area (Å²) in [5.41, 5.74) is 0.521. The van der Waals surface area contributed by atoms with E-state index in [0.717, 1.165) is 0 Å². The van der Waals surface area contributed by atoms with Gasteiger partial charge in [0.05, 0.1) is 11.8 Å². The van der Waals surface area contributed by atoms with Crippen LogP contribution in [0.1, 0.15) is 17.3 Å². The van der Waals surface area contributed by atoms with Crippen LogP contribution in [0.25, 0.3) is 0 Å². The van der Waals surface area contributed by atoms with Gasteiger partial charge in [-0.2, -0.15) is 4.31 Å². The molecule has 2 heterocycles. The molecule has 1 aromatic rings. The molecule has 0 saturated carbocycles. The highest BCUT2D eigenvalue weighted by Gasteiger charge is 2.27. The Morgan fingerprint density at radius 1 is 1.33 bits per heavy atom. The van der Waals surface area contributed by atoms with Crippen LogP contribution < -0.4 is 5.32 Å². The topological polar surface area (TPSA) is 82.6 Å². The second kappa shape index (κ2) is 6.40. The second-order valence-corrected chi connectivity index (χ2v) is 6.87. The second-order valence-electron chi connectivity index (χ2n) is 4.88. The fraction of sp³-hybridized carbons (Fsp3) is 0.538. The molecule has 1 aliphatic heterocycles. The molecule has 0 atom stereocenters. The number of hydrogen-bond acceptors (Lipinski definition) is 5. The van der Waals surface area contributed by atoms with Gasteiger partial charge in [0.2, 0.25) is 10.0 Å². The summed E-state index contributed by atoms with van der Waals surface area (Å²) in [5.74, 6) is 0.447. The molecule has 8 heteroatoms. The summed E-state index contributed by atoms with van der Waals surface area (Å²) in [6, 6.07) is 3.46. The van der Waals surface area contributed by atoms with E-state index in [9.17, 15) is 13.2 Å². The molecule has 7 nitrogen and oxygen atoms in total. The number of aromatic nitrogens is 1. The predicted molar refractivity (Wildman–Crippen MR) is 80.7 cm³/mol. The van der Waals surface area contributed by atoms with E-state index in [4.69, 9.17) is 0 Å². The molecule has 1 amide bonds. The molecule has 1 aromatic heterocycles. The van der Waals surface area contributed by atoms with Gasteiger partial charge in [-0.25, -0.2) is 13.4 Å². The summed E-state index contributed by atoms with van der Waals surface area (Å²) >= 11 is 0. The van der Waals surface area contributed by atoms with Crippen LogP contribution in [-0.2, 0) is 10.0 Å². The summed E-state index contributed by atoms with van der Waals surface area (Å²) in [5, 5.41) is 3.06. The Morgan fingerprint density at radius 3 is 2.57 bits per heavy atom. The predicted octanol–water partition coefficient (Wildman–Crippen LogP) is 0.231. The molecule has 0 spiro atoms. The molecule has 0 bridgehead atoms. The number of pyridine rings is 1. The van der Waals surface area contributed by atoms with Gasteiger partial charge in [0.15, 0.2) is 0 Å². The first-order valence-electron chi connectivity index (χ1n) is 6.86. The number of amides is 1. The molecule has 21 heavy (non-hydrogen) atoms. The fourth-order valence-corrected chi connectivity index (χ4v) is 3.11. The maximum atomic E-state index is 12.5. The lowest BCUT2D eigenvalue weighted by Crippen LogP contribution is -2.50. The van der Waals surface area contributed by atoms with Crippen molar-refractivity contribution in [1.29, 1.82) is 0 Å². The van der Waals surface area contributed by atoms with Gasteiger partial charge in [-0.05, 0) is 19.1 Å². The van der Waals surface area contributed by atoms with Crippen molar-refractivity contribution in [3.63, 3.8) is 0 Å². The minimum absolute atomic E-state index is 0.118. The number of nitrogens with zero attached hydrogens (tertiary/aromatic N) is 3. The van der Waals surface area contributed by atoms with Gasteiger partial charge in [-0.3, -0.25) is 4.79 Å². The number of hydrogen-bond donors (Lipinski definition) is 1. The molecule has 1 N–H and O–H groups in total. The van der Waals surface area contributed by atoms with Crippen LogP contribution in [0.3, 0.4) is 0 Å². The number of rotatable bonds is 4. The monoisotopic (exact) mass is 312 g/mol. The number of sulfonamides is 1. The summed E-state index contributed by atoms with van der Waals surface area (Å²) in [6.45, 7) is 4.08. The first-order valence-corrected chi connectivity index (χ1v) is 8.71. The molecular weight excluding hydrogens is 292 g/mol. The molecular formula is C13H20N4O3S. The van der Waals surface area contributed by atoms with Crippen LogP contribution in [0, 0.1) is 0 Å². The highest BCUT2D eigenvalue weighted by atomic mass is 32.2. The Morgan fingerprint density at radius 2 is 2.00 bits per heavy atom. The van der Waals surface area contributed by atoms with E-state index < -0.39 is 10.0 Å². The Hall–Kier alpha value is -1.67. The highest BCUT2D eigenvalue weighted by Crippen LogP contribution is 2.16. The normalized spacial score (nSPS) is 16.8. The number of carbonyl (C=O) groups is 1. The zero-order valence-corrected chi connectivity index (χ0v) is 13.1. The summed E-state index contributed by atoms with van der Waals surface area (Å²) < 4.78 is 24.3. The van der Waals surface area contributed by atoms with Gasteiger partial charge in [0.1, 0.15) is 5.82 Å². The van der Waals surface area contributed by atoms with Crippen molar-refractivity contribution in [2.45, 2.75) is 6.92 Å². The van der Waals surface area contributed by atoms with Crippen LogP contribution >= 0.6 is 0 Å². The number of carbonyl (C=O) groups excluding carboxylic acids is 1. The molecule has 116 valence electrons. The third-order valence-corrected chi connectivity index (χ3v) is 4.68. The smallest absolute Gasteiger partial charge is 0.257 e. The quantitative estimate of drug-likeness (QED) is 0.860. The van der Waals surface area contributed by atoms with E-state index >= 15 is 0 Å². The molecule has 0 unspecified atom stereocenters. The third-order valence-electron chi connectivity index (χ3n) is 3.38. The first kappa shape index (κ1) is 15.7. The maximum Gasteiger partial charge on any atom is 0.257 e. The number of nitrogens with one attached hydrogen (secondary N) is 1. The van der Waals surface area contributed by atoms with Crippen LogP contribution in [0.5, 0.6) is 0 Å². The first-order chi connectivity index (χ1) is 9.93. The van der Waals surface area contributed by atoms with Gasteiger partial charge in [-0.15, -0.1) is 0 Å². The Labute approximate surface area is 125 Å². The summed E-state index contributed by atoms with van der Waals surface area (Å²) in [7, 11) is -3.19. The summed E-state index contributed by atoms with van der Waals surface area (Å²) in [6.07, 6.45) is 2.82. The Kier molecular flexibility index (Phi) is 4.79. The molecule has 1 saturated heterocycles. The van der Waals surface area contributed by atoms with Crippen LogP contribution in [-0.4, -0.2) is 67.5 Å². The Bertz CT molecular complexity index is 610. The standard InChI is InChI=1S/C13H20N4O3S/c1-3-14-12-11(5-4-6-15-12)13(18)16-7-9-17(10-8-16)21(2,19)20/h4-6H,3,7-10H2,1-2H3,(H,14,15). The fourth-order valence-electron chi connectivity index (χ4n) is 2.28. The van der Waals surface area contributed by atoms with Crippen molar-refractivity contribution >= 4 is 21.7 Å². The van der Waals surface area contributed by atoms with Gasteiger partial charge >= 0.3 is 0 Å². The maximum absolute atomic E-state index is 12.5. The van der Waals surface area contributed by atoms with Gasteiger partial charge < -0.3 is 10.2 Å². The van der Waals surface area contributed by atoms with Crippen molar-refractivity contribution in [3.8, 4) is 0 Å². The van der Waals surface area contributed by atoms with Crippen molar-refractivity contribution in [2.75, 3.05) is 44.3 Å². The SMILES string of the molecule is CCNc1ncccc1C(=O)N1CCN(S(C)(=O)=O)CC1. The highest BCUT2D eigenvalue weighted by molar-refractivity contribution is 7.88. The average molecular weight is 312 g/mol. The van der Waals surface area contributed by atoms with Crippen molar-refractivity contribution in [2.24, 2.45) is 0 Å². The van der Waals surface area contributed by atoms with Crippen molar-refractivity contribution < 1.29 is 13.2 Å². The van der Waals surface area contributed by atoms with E-state index in [-0.39, 0.29) is 5.91 Å². The van der Waals surface area contributed by atoms with Gasteiger partial charge in [0, 0.05) is 38.9 Å². The number of anilines is 1. The minimum Gasteiger partial charge on any atom is -0.370 e. The molecule has 0 aromatic carbocycles. The largest absolute Gasteiger partial charge is 0.370 e. The van der Waals surface area contributed by atoms with E-state index in [1.54, 1.807) is 23.2 Å². The zero-order chi connectivity index (χ0) is 15.5. The van der Waals surface area contributed by atoms with Crippen molar-refractivity contribution in [3.05, 3.63) is 23.9 Å². The molecule has 0 radical (unpaired) electrons. The van der Waals surface area contributed by atoms with Crippen LogP contribution in [0.15, 0.2) is 18.3 Å². The zero-order valence-electron chi connectivity index (χ0n) is 12.2. The van der Waals surface area contributed by atoms with Crippen molar-refractivity contribution in [1.82, 2.24) is 14.2 Å². The lowest BCUT2D eigenvalue weighted by Gasteiger charge is -2.33. The average Bonchev–Trinajstić information content (AvgIpc) is 2.47. The lowest BCUT2D eigenvalue weighted by atomic mass is 10.2. The van der Waals surface area contributed by atoms with Crippen LogP contribution in [0.4, 0.5) is 5.82 Å². The van der Waals surface area contributed by atoms with Crippen LogP contribution in [0.2, 0.25) is 0 Å². The Balaban J connectivity index is 2.09. The van der Waals surface area contributed by atoms with Gasteiger partial charge in [0.25, 0.3) is 5.91 Å². The minimum atomic E-state index is -3.19. The molecule has 2 rings (SSSR count). The van der Waals surface area contributed by atoms with Gasteiger partial charge in [-0.1, -0.05) is 0 Å². The lowest BCUT2D eigenvalue weighted by molar-refractivity contribution is 0.0699. The third kappa shape index (κ3) is 3.70. The molecule has 0 aliphatic carbocycles. The molecule has 1 aliphatic rings. The summed E-state index contributed by atoms with van der Waals surface area (Å²) in [4.78, 5) is 18.4. The van der Waals surface area contributed by atoms with E-state index in [2.05, 4.69) is 10.3 Å². The number of piperazine rings is 1. The van der Waals surface area contributed by atoms with E-state index in [1.165, 1.54) is 10.6 Å².